The van der Waals surface area contributed by atoms with Gasteiger partial charge in [0.15, 0.2) is 0 Å². The summed E-state index contributed by atoms with van der Waals surface area (Å²) < 4.78 is 0. The molecule has 2 aromatic heterocycles. The van der Waals surface area contributed by atoms with Crippen molar-refractivity contribution in [2.75, 3.05) is 17.2 Å². The van der Waals surface area contributed by atoms with Crippen LogP contribution in [-0.2, 0) is 6.54 Å². The van der Waals surface area contributed by atoms with Gasteiger partial charge in [-0.25, -0.2) is 9.97 Å². The first kappa shape index (κ1) is 15.8. The highest BCUT2D eigenvalue weighted by Gasteiger charge is 2.14. The molecule has 0 unspecified atom stereocenters. The molecule has 2 N–H and O–H groups in total. The molecule has 0 spiro atoms. The van der Waals surface area contributed by atoms with Crippen LogP contribution in [0.4, 0.5) is 11.6 Å². The van der Waals surface area contributed by atoms with Crippen LogP contribution in [0.2, 0.25) is 0 Å². The van der Waals surface area contributed by atoms with Crippen molar-refractivity contribution in [1.29, 1.82) is 0 Å². The molecular weight excluding hydrogens is 280 g/mol. The van der Waals surface area contributed by atoms with Gasteiger partial charge in [0.2, 0.25) is 0 Å². The second kappa shape index (κ2) is 7.41. The summed E-state index contributed by atoms with van der Waals surface area (Å²) in [5.41, 5.74) is 1.17. The second-order valence-electron chi connectivity index (χ2n) is 5.43. The normalized spacial score (nSPS) is 10.9. The Bertz CT molecular complexity index is 577. The fourth-order valence-corrected chi connectivity index (χ4v) is 3.05. The van der Waals surface area contributed by atoms with Crippen molar-refractivity contribution in [3.8, 4) is 0 Å². The molecule has 0 fully saturated rings. The van der Waals surface area contributed by atoms with Crippen molar-refractivity contribution in [3.05, 3.63) is 33.8 Å². The first-order valence-corrected chi connectivity index (χ1v) is 8.31. The highest BCUT2D eigenvalue weighted by Crippen LogP contribution is 2.29. The Hall–Kier alpha value is -1.62. The molecule has 2 rings (SSSR count). The van der Waals surface area contributed by atoms with Crippen LogP contribution in [0.5, 0.6) is 0 Å². The predicted octanol–water partition coefficient (Wildman–Crippen LogP) is 4.40. The lowest BCUT2D eigenvalue weighted by Gasteiger charge is -2.17. The van der Waals surface area contributed by atoms with Gasteiger partial charge in [0.25, 0.3) is 0 Å². The topological polar surface area (TPSA) is 49.8 Å². The van der Waals surface area contributed by atoms with Crippen molar-refractivity contribution < 1.29 is 0 Å². The van der Waals surface area contributed by atoms with Crippen LogP contribution in [0, 0.1) is 6.92 Å². The van der Waals surface area contributed by atoms with Gasteiger partial charge in [0.1, 0.15) is 18.0 Å². The van der Waals surface area contributed by atoms with E-state index in [1.165, 1.54) is 15.3 Å². The molecule has 21 heavy (non-hydrogen) atoms. The van der Waals surface area contributed by atoms with Crippen molar-refractivity contribution in [2.45, 2.75) is 46.6 Å². The number of nitrogens with one attached hydrogen (secondary N) is 2. The average Bonchev–Trinajstić information content (AvgIpc) is 2.88. The molecule has 0 atom stereocenters. The molecule has 2 aromatic rings. The summed E-state index contributed by atoms with van der Waals surface area (Å²) in [6.45, 7) is 10.4. The maximum atomic E-state index is 4.43. The SMILES string of the molecule is CCCNc1ncnc(NCc2ccc(C)s2)c1C(C)C. The van der Waals surface area contributed by atoms with Gasteiger partial charge in [-0.05, 0) is 31.4 Å². The summed E-state index contributed by atoms with van der Waals surface area (Å²) in [4.78, 5) is 11.5. The minimum atomic E-state index is 0.373. The fourth-order valence-electron chi connectivity index (χ4n) is 2.22. The first-order valence-electron chi connectivity index (χ1n) is 7.49. The van der Waals surface area contributed by atoms with Gasteiger partial charge in [0.05, 0.1) is 6.54 Å². The number of aromatic nitrogens is 2. The van der Waals surface area contributed by atoms with E-state index in [1.54, 1.807) is 6.33 Å². The molecule has 114 valence electrons. The Balaban J connectivity index is 2.17. The molecule has 2 heterocycles. The Morgan fingerprint density at radius 1 is 1.14 bits per heavy atom. The third-order valence-electron chi connectivity index (χ3n) is 3.23. The molecule has 5 heteroatoms. The third-order valence-corrected chi connectivity index (χ3v) is 4.23. The quantitative estimate of drug-likeness (QED) is 0.796. The zero-order chi connectivity index (χ0) is 15.2. The summed E-state index contributed by atoms with van der Waals surface area (Å²) in [5.74, 6) is 2.26. The first-order chi connectivity index (χ1) is 10.1. The Morgan fingerprint density at radius 3 is 2.43 bits per heavy atom. The van der Waals surface area contributed by atoms with E-state index in [0.29, 0.717) is 5.92 Å². The number of hydrogen-bond acceptors (Lipinski definition) is 5. The van der Waals surface area contributed by atoms with Crippen LogP contribution < -0.4 is 10.6 Å². The Labute approximate surface area is 131 Å². The number of anilines is 2. The van der Waals surface area contributed by atoms with E-state index in [-0.39, 0.29) is 0 Å². The van der Waals surface area contributed by atoms with E-state index in [1.807, 2.05) is 11.3 Å². The Morgan fingerprint density at radius 2 is 1.86 bits per heavy atom. The van der Waals surface area contributed by atoms with Crippen molar-refractivity contribution in [2.24, 2.45) is 0 Å². The van der Waals surface area contributed by atoms with Gasteiger partial charge < -0.3 is 10.6 Å². The number of thiophene rings is 1. The highest BCUT2D eigenvalue weighted by atomic mass is 32.1. The molecule has 0 aliphatic rings. The summed E-state index contributed by atoms with van der Waals surface area (Å²) in [6, 6.07) is 4.32. The van der Waals surface area contributed by atoms with Gasteiger partial charge in [-0.3, -0.25) is 0 Å². The lowest BCUT2D eigenvalue weighted by molar-refractivity contribution is 0.839. The molecule has 0 saturated heterocycles. The molecule has 0 radical (unpaired) electrons. The minimum absolute atomic E-state index is 0.373. The average molecular weight is 304 g/mol. The van der Waals surface area contributed by atoms with Crippen molar-refractivity contribution in [3.63, 3.8) is 0 Å². The molecule has 0 saturated carbocycles. The summed E-state index contributed by atoms with van der Waals surface area (Å²) >= 11 is 1.82. The number of rotatable bonds is 7. The van der Waals surface area contributed by atoms with E-state index < -0.39 is 0 Å². The largest absolute Gasteiger partial charge is 0.370 e. The molecule has 4 nitrogen and oxygen atoms in total. The fraction of sp³-hybridized carbons (Fsp3) is 0.500. The lowest BCUT2D eigenvalue weighted by atomic mass is 10.0. The summed E-state index contributed by atoms with van der Waals surface area (Å²) in [6.07, 6.45) is 2.71. The van der Waals surface area contributed by atoms with E-state index in [2.05, 4.69) is 60.4 Å². The van der Waals surface area contributed by atoms with Crippen molar-refractivity contribution >= 4 is 23.0 Å². The molecular formula is C16H24N4S. The van der Waals surface area contributed by atoms with Crippen LogP contribution in [0.25, 0.3) is 0 Å². The van der Waals surface area contributed by atoms with Crippen LogP contribution in [-0.4, -0.2) is 16.5 Å². The zero-order valence-corrected chi connectivity index (χ0v) is 14.0. The van der Waals surface area contributed by atoms with Gasteiger partial charge in [-0.2, -0.15) is 0 Å². The maximum Gasteiger partial charge on any atom is 0.135 e. The van der Waals surface area contributed by atoms with Gasteiger partial charge in [0, 0.05) is 21.9 Å². The Kier molecular flexibility index (Phi) is 5.56. The van der Waals surface area contributed by atoms with E-state index in [0.717, 1.165) is 31.1 Å². The number of hydrogen-bond donors (Lipinski definition) is 2. The van der Waals surface area contributed by atoms with E-state index >= 15 is 0 Å². The predicted molar refractivity (Wildman–Crippen MR) is 91.3 cm³/mol. The highest BCUT2D eigenvalue weighted by molar-refractivity contribution is 7.11. The van der Waals surface area contributed by atoms with E-state index in [9.17, 15) is 0 Å². The summed E-state index contributed by atoms with van der Waals surface area (Å²) in [7, 11) is 0. The van der Waals surface area contributed by atoms with Crippen molar-refractivity contribution in [1.82, 2.24) is 9.97 Å². The second-order valence-corrected chi connectivity index (χ2v) is 6.80. The van der Waals surface area contributed by atoms with Crippen LogP contribution in [0.3, 0.4) is 0 Å². The van der Waals surface area contributed by atoms with Crippen LogP contribution in [0.15, 0.2) is 18.5 Å². The molecule has 0 aromatic carbocycles. The van der Waals surface area contributed by atoms with Gasteiger partial charge in [-0.1, -0.05) is 20.8 Å². The molecule has 0 aliphatic heterocycles. The zero-order valence-electron chi connectivity index (χ0n) is 13.2. The summed E-state index contributed by atoms with van der Waals surface area (Å²) in [5, 5.41) is 6.86. The monoisotopic (exact) mass is 304 g/mol. The smallest absolute Gasteiger partial charge is 0.135 e. The lowest BCUT2D eigenvalue weighted by Crippen LogP contribution is -2.11. The third kappa shape index (κ3) is 4.17. The van der Waals surface area contributed by atoms with Gasteiger partial charge in [-0.15, -0.1) is 11.3 Å². The van der Waals surface area contributed by atoms with Crippen LogP contribution >= 0.6 is 11.3 Å². The maximum absolute atomic E-state index is 4.43. The minimum Gasteiger partial charge on any atom is -0.370 e. The molecule has 0 amide bonds. The van der Waals surface area contributed by atoms with E-state index in [4.69, 9.17) is 0 Å². The molecule has 0 bridgehead atoms. The van der Waals surface area contributed by atoms with Crippen LogP contribution in [0.1, 0.15) is 48.4 Å². The van der Waals surface area contributed by atoms with Gasteiger partial charge >= 0.3 is 0 Å². The number of nitrogens with zero attached hydrogens (tertiary/aromatic N) is 2. The standard InChI is InChI=1S/C16H24N4S/c1-5-8-17-15-14(11(2)3)16(20-10-19-15)18-9-13-7-6-12(4)21-13/h6-7,10-11H,5,8-9H2,1-4H3,(H2,17,18,19,20). The number of aryl methyl sites for hydroxylation is 1. The molecule has 0 aliphatic carbocycles.